The first-order valence-electron chi connectivity index (χ1n) is 14.1. The van der Waals surface area contributed by atoms with Gasteiger partial charge in [-0.15, -0.1) is 0 Å². The van der Waals surface area contributed by atoms with Gasteiger partial charge >= 0.3 is 0 Å². The highest BCUT2D eigenvalue weighted by atomic mass is 16.8. The van der Waals surface area contributed by atoms with Crippen LogP contribution >= 0.6 is 0 Å². The molecule has 18 heteroatoms. The molecule has 4 heterocycles. The van der Waals surface area contributed by atoms with Crippen molar-refractivity contribution in [2.75, 3.05) is 20.3 Å². The monoisotopic (exact) mass is 632 g/mol. The summed E-state index contributed by atoms with van der Waals surface area (Å²) in [5.74, 6) is 0. The van der Waals surface area contributed by atoms with Crippen molar-refractivity contribution in [3.63, 3.8) is 0 Å². The Balaban J connectivity index is 1.66. The Labute approximate surface area is 246 Å². The average molecular weight is 633 g/mol. The van der Waals surface area contributed by atoms with E-state index in [4.69, 9.17) is 37.9 Å². The lowest BCUT2D eigenvalue weighted by atomic mass is 9.95. The second-order valence-electron chi connectivity index (χ2n) is 11.2. The van der Waals surface area contributed by atoms with Crippen molar-refractivity contribution in [1.82, 2.24) is 0 Å². The molecule has 19 atom stereocenters. The molecule has 0 aliphatic carbocycles. The van der Waals surface area contributed by atoms with E-state index in [1.165, 1.54) is 21.0 Å². The van der Waals surface area contributed by atoms with E-state index >= 15 is 0 Å². The smallest absolute Gasteiger partial charge is 0.187 e. The summed E-state index contributed by atoms with van der Waals surface area (Å²) in [7, 11) is 1.26. The first-order valence-corrected chi connectivity index (χ1v) is 14.1. The van der Waals surface area contributed by atoms with Gasteiger partial charge in [-0.25, -0.2) is 0 Å². The summed E-state index contributed by atoms with van der Waals surface area (Å²) in [4.78, 5) is 0. The number of ether oxygens (including phenoxy) is 8. The molecule has 0 amide bonds. The molecule has 4 saturated heterocycles. The Morgan fingerprint density at radius 1 is 0.512 bits per heavy atom. The second-order valence-corrected chi connectivity index (χ2v) is 11.2. The van der Waals surface area contributed by atoms with Gasteiger partial charge in [0.2, 0.25) is 0 Å². The minimum Gasteiger partial charge on any atom is -0.394 e. The first-order chi connectivity index (χ1) is 20.3. The van der Waals surface area contributed by atoms with Crippen LogP contribution in [-0.2, 0) is 37.9 Å². The first kappa shape index (κ1) is 35.1. The summed E-state index contributed by atoms with van der Waals surface area (Å²) in [6.07, 6.45) is -28.0. The molecule has 0 aromatic carbocycles. The predicted molar refractivity (Wildman–Crippen MR) is 134 cm³/mol. The summed E-state index contributed by atoms with van der Waals surface area (Å²) >= 11 is 0. The molecule has 18 nitrogen and oxygen atoms in total. The standard InChI is InChI=1S/C25H44O18/c1-7-9(28)4-10(29)22(37-7)42-20-14(31)12(6-27)40-25(41-19-8(2)38-23(36-3)18(35)16(19)33)21(20)43-24-17(34)15(32)13(30)11(5-26)39-24/h7-35H,4-6H2,1-3H3/t7-,8+,9+,10+,11-,12-,13+,14-,15+,16+,17-,18-,19+,20+,21+,22-,23-,24-,25-/m1/s1. The van der Waals surface area contributed by atoms with Crippen LogP contribution in [0.3, 0.4) is 0 Å². The molecule has 0 saturated carbocycles. The second kappa shape index (κ2) is 14.8. The topological polar surface area (TPSA) is 276 Å². The van der Waals surface area contributed by atoms with E-state index in [9.17, 15) is 51.1 Å². The molecular formula is C25H44O18. The lowest BCUT2D eigenvalue weighted by Gasteiger charge is -2.50. The fraction of sp³-hybridized carbons (Fsp3) is 1.00. The number of aliphatic hydroxyl groups excluding tert-OH is 10. The Bertz CT molecular complexity index is 868. The Hall–Kier alpha value is -0.720. The highest BCUT2D eigenvalue weighted by molar-refractivity contribution is 4.97. The molecule has 4 rings (SSSR count). The molecule has 0 bridgehead atoms. The van der Waals surface area contributed by atoms with Crippen LogP contribution in [0.5, 0.6) is 0 Å². The van der Waals surface area contributed by atoms with Crippen molar-refractivity contribution < 1.29 is 89.0 Å². The molecule has 0 unspecified atom stereocenters. The van der Waals surface area contributed by atoms with Gasteiger partial charge in [-0.05, 0) is 13.8 Å². The van der Waals surface area contributed by atoms with Gasteiger partial charge in [0.25, 0.3) is 0 Å². The van der Waals surface area contributed by atoms with Crippen molar-refractivity contribution in [2.24, 2.45) is 0 Å². The van der Waals surface area contributed by atoms with Gasteiger partial charge in [-0.1, -0.05) is 0 Å². The minimum atomic E-state index is -1.90. The van der Waals surface area contributed by atoms with Crippen LogP contribution in [-0.4, -0.2) is 188 Å². The summed E-state index contributed by atoms with van der Waals surface area (Å²) in [5.41, 5.74) is 0. The minimum absolute atomic E-state index is 0.144. The van der Waals surface area contributed by atoms with Crippen molar-refractivity contribution >= 4 is 0 Å². The number of hydrogen-bond donors (Lipinski definition) is 10. The van der Waals surface area contributed by atoms with Crippen LogP contribution in [0.15, 0.2) is 0 Å². The third-order valence-electron chi connectivity index (χ3n) is 8.22. The number of rotatable bonds is 9. The zero-order valence-corrected chi connectivity index (χ0v) is 23.8. The Morgan fingerprint density at radius 2 is 1.05 bits per heavy atom. The summed E-state index contributed by atoms with van der Waals surface area (Å²) < 4.78 is 45.3. The van der Waals surface area contributed by atoms with Gasteiger partial charge in [0, 0.05) is 13.5 Å². The lowest BCUT2D eigenvalue weighted by Crippen LogP contribution is -2.67. The van der Waals surface area contributed by atoms with Crippen molar-refractivity contribution in [3.8, 4) is 0 Å². The highest BCUT2D eigenvalue weighted by Crippen LogP contribution is 2.35. The normalized spacial score (nSPS) is 53.1. The molecule has 4 aliphatic rings. The Kier molecular flexibility index (Phi) is 12.1. The third kappa shape index (κ3) is 7.32. The van der Waals surface area contributed by atoms with Crippen molar-refractivity contribution in [3.05, 3.63) is 0 Å². The molecule has 0 aromatic heterocycles. The molecule has 43 heavy (non-hydrogen) atoms. The van der Waals surface area contributed by atoms with Crippen molar-refractivity contribution in [2.45, 2.75) is 137 Å². The van der Waals surface area contributed by atoms with Gasteiger partial charge in [0.1, 0.15) is 73.2 Å². The fourth-order valence-corrected chi connectivity index (χ4v) is 5.55. The van der Waals surface area contributed by atoms with E-state index in [0.717, 1.165) is 0 Å². The number of aliphatic hydroxyl groups is 10. The zero-order valence-electron chi connectivity index (χ0n) is 23.8. The van der Waals surface area contributed by atoms with Crippen molar-refractivity contribution in [1.29, 1.82) is 0 Å². The molecule has 252 valence electrons. The average Bonchev–Trinajstić information content (AvgIpc) is 2.98. The summed E-state index contributed by atoms with van der Waals surface area (Å²) in [6.45, 7) is 1.49. The van der Waals surface area contributed by atoms with E-state index in [-0.39, 0.29) is 6.42 Å². The van der Waals surface area contributed by atoms with Crippen LogP contribution < -0.4 is 0 Å². The van der Waals surface area contributed by atoms with E-state index in [1.807, 2.05) is 0 Å². The Morgan fingerprint density at radius 3 is 1.67 bits per heavy atom. The van der Waals surface area contributed by atoms with Gasteiger partial charge in [0.05, 0.1) is 31.5 Å². The maximum Gasteiger partial charge on any atom is 0.187 e. The molecule has 10 N–H and O–H groups in total. The van der Waals surface area contributed by atoms with Crippen LogP contribution in [0.2, 0.25) is 0 Å². The molecule has 0 aromatic rings. The van der Waals surface area contributed by atoms with Crippen LogP contribution in [0, 0.1) is 0 Å². The highest BCUT2D eigenvalue weighted by Gasteiger charge is 2.55. The van der Waals surface area contributed by atoms with Gasteiger partial charge in [-0.3, -0.25) is 0 Å². The lowest BCUT2D eigenvalue weighted by molar-refractivity contribution is -0.401. The fourth-order valence-electron chi connectivity index (χ4n) is 5.55. The van der Waals surface area contributed by atoms with E-state index in [2.05, 4.69) is 0 Å². The van der Waals surface area contributed by atoms with Gasteiger partial charge in [-0.2, -0.15) is 0 Å². The third-order valence-corrected chi connectivity index (χ3v) is 8.22. The molecule has 4 aliphatic heterocycles. The molecular weight excluding hydrogens is 588 g/mol. The molecule has 0 radical (unpaired) electrons. The van der Waals surface area contributed by atoms with Gasteiger partial charge in [0.15, 0.2) is 25.2 Å². The van der Waals surface area contributed by atoms with Gasteiger partial charge < -0.3 is 89.0 Å². The molecule has 4 fully saturated rings. The van der Waals surface area contributed by atoms with E-state index < -0.39 is 130 Å². The maximum atomic E-state index is 11.2. The van der Waals surface area contributed by atoms with Crippen LogP contribution in [0.4, 0.5) is 0 Å². The number of methoxy groups -OCH3 is 1. The SMILES string of the molecule is CO[C@@H]1O[C@@H](C)[C@H](O[C@H]2O[C@H](CO)[C@@H](O)[C@H](O[C@H]3O[C@H](C)[C@@H](O)C[C@@H]3O)[C@@H]2O[C@H]2O[C@H](CO)[C@H](O)[C@H](O)[C@H]2O)[C@@H](O)[C@H]1O. The van der Waals surface area contributed by atoms with Crippen LogP contribution in [0.25, 0.3) is 0 Å². The largest absolute Gasteiger partial charge is 0.394 e. The van der Waals surface area contributed by atoms with E-state index in [0.29, 0.717) is 0 Å². The zero-order chi connectivity index (χ0) is 31.7. The summed E-state index contributed by atoms with van der Waals surface area (Å²) in [5, 5.41) is 104. The van der Waals surface area contributed by atoms with Crippen LogP contribution in [0.1, 0.15) is 20.3 Å². The van der Waals surface area contributed by atoms with E-state index in [1.54, 1.807) is 0 Å². The quantitative estimate of drug-likeness (QED) is 0.113. The summed E-state index contributed by atoms with van der Waals surface area (Å²) in [6, 6.07) is 0. The predicted octanol–water partition coefficient (Wildman–Crippen LogP) is -6.01. The molecule has 0 spiro atoms. The maximum absolute atomic E-state index is 11.2. The number of hydrogen-bond acceptors (Lipinski definition) is 18.